The van der Waals surface area contributed by atoms with Crippen molar-refractivity contribution in [2.24, 2.45) is 5.73 Å². The minimum atomic E-state index is -0.684. The van der Waals surface area contributed by atoms with Gasteiger partial charge < -0.3 is 16.0 Å². The van der Waals surface area contributed by atoms with Crippen molar-refractivity contribution in [1.29, 1.82) is 0 Å². The molecular formula is C12H13N3O2. The number of benzene rings is 1. The van der Waals surface area contributed by atoms with Gasteiger partial charge in [0.25, 0.3) is 5.91 Å². The molecule has 5 heteroatoms. The predicted octanol–water partition coefficient (Wildman–Crippen LogP) is 0.772. The van der Waals surface area contributed by atoms with Crippen LogP contribution in [0.2, 0.25) is 0 Å². The first-order chi connectivity index (χ1) is 8.09. The fourth-order valence-electron chi connectivity index (χ4n) is 1.60. The molecule has 0 bridgehead atoms. The van der Waals surface area contributed by atoms with Crippen LogP contribution in [0.25, 0.3) is 10.9 Å². The largest absolute Gasteiger partial charge is 0.368 e. The highest BCUT2D eigenvalue weighted by atomic mass is 16.2. The summed E-state index contributed by atoms with van der Waals surface area (Å²) in [4.78, 5) is 25.8. The van der Waals surface area contributed by atoms with E-state index in [1.54, 1.807) is 13.1 Å². The van der Waals surface area contributed by atoms with Crippen molar-refractivity contribution in [3.05, 3.63) is 36.0 Å². The zero-order valence-electron chi connectivity index (χ0n) is 9.36. The molecule has 88 valence electrons. The second-order valence-corrected chi connectivity index (χ2v) is 3.85. The Bertz CT molecular complexity index is 574. The quantitative estimate of drug-likeness (QED) is 0.728. The van der Waals surface area contributed by atoms with E-state index in [0.717, 1.165) is 10.9 Å². The number of para-hydroxylation sites is 1. The number of rotatable bonds is 3. The summed E-state index contributed by atoms with van der Waals surface area (Å²) in [6, 6.07) is 6.77. The van der Waals surface area contributed by atoms with Crippen LogP contribution in [0.4, 0.5) is 0 Å². The van der Waals surface area contributed by atoms with Crippen LogP contribution in [-0.4, -0.2) is 22.8 Å². The number of hydrogen-bond acceptors (Lipinski definition) is 2. The lowest BCUT2D eigenvalue weighted by Crippen LogP contribution is -2.42. The summed E-state index contributed by atoms with van der Waals surface area (Å²) in [5.41, 5.74) is 6.48. The zero-order chi connectivity index (χ0) is 12.4. The molecule has 1 heterocycles. The van der Waals surface area contributed by atoms with Crippen LogP contribution >= 0.6 is 0 Å². The molecule has 0 spiro atoms. The lowest BCUT2D eigenvalue weighted by Gasteiger charge is -2.09. The Morgan fingerprint density at radius 3 is 2.76 bits per heavy atom. The zero-order valence-corrected chi connectivity index (χ0v) is 9.36. The molecule has 4 N–H and O–H groups in total. The van der Waals surface area contributed by atoms with Crippen molar-refractivity contribution in [3.8, 4) is 0 Å². The number of nitrogens with one attached hydrogen (secondary N) is 2. The molecule has 2 rings (SSSR count). The van der Waals surface area contributed by atoms with Gasteiger partial charge >= 0.3 is 0 Å². The van der Waals surface area contributed by atoms with Crippen molar-refractivity contribution in [2.45, 2.75) is 13.0 Å². The van der Waals surface area contributed by atoms with E-state index >= 15 is 0 Å². The fraction of sp³-hybridized carbons (Fsp3) is 0.167. The molecule has 0 saturated heterocycles. The van der Waals surface area contributed by atoms with Crippen LogP contribution in [0, 0.1) is 0 Å². The first kappa shape index (κ1) is 11.2. The smallest absolute Gasteiger partial charge is 0.254 e. The molecule has 17 heavy (non-hydrogen) atoms. The van der Waals surface area contributed by atoms with Gasteiger partial charge in [0.1, 0.15) is 6.04 Å². The van der Waals surface area contributed by atoms with E-state index in [4.69, 9.17) is 5.73 Å². The van der Waals surface area contributed by atoms with Crippen molar-refractivity contribution in [1.82, 2.24) is 10.3 Å². The molecule has 1 unspecified atom stereocenters. The number of fused-ring (bicyclic) bond motifs is 1. The monoisotopic (exact) mass is 231 g/mol. The minimum absolute atomic E-state index is 0.311. The summed E-state index contributed by atoms with van der Waals surface area (Å²) in [5.74, 6) is -0.869. The van der Waals surface area contributed by atoms with E-state index in [9.17, 15) is 9.59 Å². The van der Waals surface area contributed by atoms with E-state index in [2.05, 4.69) is 10.3 Å². The summed E-state index contributed by atoms with van der Waals surface area (Å²) < 4.78 is 0. The van der Waals surface area contributed by atoms with Gasteiger partial charge in [-0.25, -0.2) is 0 Å². The van der Waals surface area contributed by atoms with Gasteiger partial charge in [-0.05, 0) is 13.0 Å². The maximum absolute atomic E-state index is 11.9. The van der Waals surface area contributed by atoms with Crippen LogP contribution in [0.15, 0.2) is 30.5 Å². The van der Waals surface area contributed by atoms with Gasteiger partial charge in [-0.3, -0.25) is 9.59 Å². The Morgan fingerprint density at radius 2 is 2.06 bits per heavy atom. The van der Waals surface area contributed by atoms with Crippen LogP contribution in [0.1, 0.15) is 17.3 Å². The summed E-state index contributed by atoms with van der Waals surface area (Å²) in [6.07, 6.45) is 1.62. The third kappa shape index (κ3) is 2.13. The molecule has 0 saturated carbocycles. The minimum Gasteiger partial charge on any atom is -0.368 e. The Hall–Kier alpha value is -2.30. The topological polar surface area (TPSA) is 88.0 Å². The second kappa shape index (κ2) is 4.29. The highest BCUT2D eigenvalue weighted by Crippen LogP contribution is 2.17. The summed E-state index contributed by atoms with van der Waals surface area (Å²) in [6.45, 7) is 1.55. The van der Waals surface area contributed by atoms with Crippen LogP contribution in [-0.2, 0) is 4.79 Å². The van der Waals surface area contributed by atoms with Gasteiger partial charge in [-0.15, -0.1) is 0 Å². The number of carbonyl (C=O) groups excluding carboxylic acids is 2. The number of amides is 2. The molecule has 0 aliphatic heterocycles. The number of carbonyl (C=O) groups is 2. The average Bonchev–Trinajstić information content (AvgIpc) is 2.72. The maximum Gasteiger partial charge on any atom is 0.254 e. The Balaban J connectivity index is 2.28. The van der Waals surface area contributed by atoms with Gasteiger partial charge in [-0.1, -0.05) is 18.2 Å². The molecule has 5 nitrogen and oxygen atoms in total. The lowest BCUT2D eigenvalue weighted by molar-refractivity contribution is -0.119. The predicted molar refractivity (Wildman–Crippen MR) is 64.4 cm³/mol. The Kier molecular flexibility index (Phi) is 2.82. The van der Waals surface area contributed by atoms with E-state index in [1.807, 2.05) is 24.3 Å². The number of nitrogens with two attached hydrogens (primary N) is 1. The number of aromatic amines is 1. The van der Waals surface area contributed by atoms with Gasteiger partial charge in [0.2, 0.25) is 5.91 Å². The molecule has 0 fully saturated rings. The standard InChI is InChI=1S/C12H13N3O2/c1-7(11(13)16)15-12(17)9-6-14-10-5-3-2-4-8(9)10/h2-7,14H,1H3,(H2,13,16)(H,15,17). The van der Waals surface area contributed by atoms with Gasteiger partial charge in [0, 0.05) is 17.1 Å². The molecule has 2 amide bonds. The molecule has 1 aromatic carbocycles. The third-order valence-corrected chi connectivity index (χ3v) is 2.61. The first-order valence-corrected chi connectivity index (χ1v) is 5.26. The number of primary amides is 1. The number of hydrogen-bond donors (Lipinski definition) is 3. The molecule has 0 radical (unpaired) electrons. The van der Waals surface area contributed by atoms with Crippen LogP contribution in [0.3, 0.4) is 0 Å². The van der Waals surface area contributed by atoms with E-state index in [0.29, 0.717) is 5.56 Å². The molecule has 0 aliphatic carbocycles. The van der Waals surface area contributed by atoms with Gasteiger partial charge in [0.15, 0.2) is 0 Å². The maximum atomic E-state index is 11.9. The first-order valence-electron chi connectivity index (χ1n) is 5.26. The SMILES string of the molecule is CC(NC(=O)c1c[nH]c2ccccc12)C(N)=O. The van der Waals surface area contributed by atoms with Crippen molar-refractivity contribution in [3.63, 3.8) is 0 Å². The van der Waals surface area contributed by atoms with Crippen molar-refractivity contribution >= 4 is 22.7 Å². The summed E-state index contributed by atoms with van der Waals surface area (Å²) >= 11 is 0. The lowest BCUT2D eigenvalue weighted by atomic mass is 10.1. The van der Waals surface area contributed by atoms with E-state index in [-0.39, 0.29) is 5.91 Å². The molecule has 0 aliphatic rings. The molecule has 1 atom stereocenters. The average molecular weight is 231 g/mol. The Labute approximate surface area is 98.0 Å². The van der Waals surface area contributed by atoms with Crippen LogP contribution < -0.4 is 11.1 Å². The molecular weight excluding hydrogens is 218 g/mol. The van der Waals surface area contributed by atoms with Gasteiger partial charge in [0.05, 0.1) is 5.56 Å². The van der Waals surface area contributed by atoms with Crippen molar-refractivity contribution < 1.29 is 9.59 Å². The molecule has 1 aromatic heterocycles. The van der Waals surface area contributed by atoms with E-state index < -0.39 is 11.9 Å². The number of H-pyrrole nitrogens is 1. The van der Waals surface area contributed by atoms with Gasteiger partial charge in [-0.2, -0.15) is 0 Å². The summed E-state index contributed by atoms with van der Waals surface area (Å²) in [7, 11) is 0. The number of aromatic nitrogens is 1. The second-order valence-electron chi connectivity index (χ2n) is 3.85. The summed E-state index contributed by atoms with van der Waals surface area (Å²) in [5, 5.41) is 3.36. The van der Waals surface area contributed by atoms with E-state index in [1.165, 1.54) is 0 Å². The third-order valence-electron chi connectivity index (χ3n) is 2.61. The fourth-order valence-corrected chi connectivity index (χ4v) is 1.60. The van der Waals surface area contributed by atoms with Crippen LogP contribution in [0.5, 0.6) is 0 Å². The normalized spacial score (nSPS) is 12.3. The molecule has 2 aromatic rings. The highest BCUT2D eigenvalue weighted by molar-refractivity contribution is 6.07. The van der Waals surface area contributed by atoms with Crippen molar-refractivity contribution in [2.75, 3.05) is 0 Å². The highest BCUT2D eigenvalue weighted by Gasteiger charge is 2.16. The Morgan fingerprint density at radius 1 is 1.35 bits per heavy atom.